The van der Waals surface area contributed by atoms with Gasteiger partial charge in [-0.2, -0.15) is 0 Å². The number of pyridine rings is 1. The van der Waals surface area contributed by atoms with Crippen molar-refractivity contribution in [1.82, 2.24) is 14.9 Å². The van der Waals surface area contributed by atoms with E-state index >= 15 is 0 Å². The van der Waals surface area contributed by atoms with Crippen LogP contribution in [0.2, 0.25) is 0 Å². The number of nitrogen functional groups attached to an aromatic ring is 1. The number of nitrogens with one attached hydrogen (secondary N) is 1. The first kappa shape index (κ1) is 14.3. The van der Waals surface area contributed by atoms with Crippen LogP contribution in [0, 0.1) is 0 Å². The van der Waals surface area contributed by atoms with E-state index in [0.29, 0.717) is 23.0 Å². The number of thiazole rings is 1. The fourth-order valence-corrected chi connectivity index (χ4v) is 2.53. The van der Waals surface area contributed by atoms with Crippen LogP contribution in [0.3, 0.4) is 0 Å². The molecule has 2 aromatic rings. The Balaban J connectivity index is 1.99. The van der Waals surface area contributed by atoms with Crippen LogP contribution in [0.25, 0.3) is 0 Å². The molecule has 106 valence electrons. The number of likely N-dealkylation sites (N-methyl/N-ethyl adjacent to an activating group) is 1. The van der Waals surface area contributed by atoms with Crippen molar-refractivity contribution in [3.05, 3.63) is 35.0 Å². The van der Waals surface area contributed by atoms with Gasteiger partial charge < -0.3 is 16.0 Å². The molecule has 0 bridgehead atoms. The highest BCUT2D eigenvalue weighted by atomic mass is 32.1. The maximum atomic E-state index is 12.3. The van der Waals surface area contributed by atoms with Crippen LogP contribution in [0.4, 0.5) is 10.9 Å². The number of aromatic nitrogens is 2. The van der Waals surface area contributed by atoms with Gasteiger partial charge in [-0.05, 0) is 12.1 Å². The Morgan fingerprint density at radius 2 is 2.30 bits per heavy atom. The predicted octanol–water partition coefficient (Wildman–Crippen LogP) is 1.48. The van der Waals surface area contributed by atoms with Gasteiger partial charge in [0.15, 0.2) is 5.13 Å². The molecule has 7 heteroatoms. The van der Waals surface area contributed by atoms with Gasteiger partial charge in [-0.3, -0.25) is 9.78 Å². The van der Waals surface area contributed by atoms with Crippen LogP contribution in [-0.2, 0) is 6.42 Å². The second kappa shape index (κ2) is 6.33. The average Bonchev–Trinajstić information content (AvgIpc) is 2.86. The number of anilines is 2. The molecule has 2 aromatic heterocycles. The highest BCUT2D eigenvalue weighted by Gasteiger charge is 2.19. The molecular weight excluding hydrogens is 274 g/mol. The summed E-state index contributed by atoms with van der Waals surface area (Å²) in [6.07, 6.45) is 2.46. The van der Waals surface area contributed by atoms with E-state index in [1.807, 2.05) is 18.2 Å². The summed E-state index contributed by atoms with van der Waals surface area (Å²) in [4.78, 5) is 22.7. The normalized spacial score (nSPS) is 10.3. The SMILES string of the molecule is CNc1nc(N)c(C(=O)N(C)CCc2ccccn2)s1. The Hall–Kier alpha value is -2.15. The maximum absolute atomic E-state index is 12.3. The third kappa shape index (κ3) is 3.24. The van der Waals surface area contributed by atoms with Crippen molar-refractivity contribution in [3.8, 4) is 0 Å². The van der Waals surface area contributed by atoms with Gasteiger partial charge in [0.1, 0.15) is 10.7 Å². The van der Waals surface area contributed by atoms with E-state index in [0.717, 1.165) is 5.69 Å². The summed E-state index contributed by atoms with van der Waals surface area (Å²) in [6.45, 7) is 0.585. The first-order valence-corrected chi connectivity index (χ1v) is 7.03. The summed E-state index contributed by atoms with van der Waals surface area (Å²) < 4.78 is 0. The third-order valence-corrected chi connectivity index (χ3v) is 3.91. The number of carbonyl (C=O) groups excluding carboxylic acids is 1. The average molecular weight is 291 g/mol. The Labute approximate surface area is 121 Å². The molecule has 0 aliphatic carbocycles. The van der Waals surface area contributed by atoms with E-state index < -0.39 is 0 Å². The first-order valence-electron chi connectivity index (χ1n) is 6.21. The Kier molecular flexibility index (Phi) is 4.52. The van der Waals surface area contributed by atoms with E-state index in [1.54, 1.807) is 25.2 Å². The van der Waals surface area contributed by atoms with Gasteiger partial charge in [-0.15, -0.1) is 0 Å². The van der Waals surface area contributed by atoms with Gasteiger partial charge in [0, 0.05) is 39.0 Å². The van der Waals surface area contributed by atoms with Crippen LogP contribution < -0.4 is 11.1 Å². The van der Waals surface area contributed by atoms with Gasteiger partial charge in [-0.1, -0.05) is 17.4 Å². The van der Waals surface area contributed by atoms with Crippen molar-refractivity contribution in [2.45, 2.75) is 6.42 Å². The number of rotatable bonds is 5. The smallest absolute Gasteiger partial charge is 0.267 e. The molecule has 0 aromatic carbocycles. The highest BCUT2D eigenvalue weighted by molar-refractivity contribution is 7.18. The minimum atomic E-state index is -0.113. The summed E-state index contributed by atoms with van der Waals surface area (Å²) in [7, 11) is 3.50. The van der Waals surface area contributed by atoms with E-state index in [-0.39, 0.29) is 11.7 Å². The lowest BCUT2D eigenvalue weighted by Gasteiger charge is -2.15. The molecular formula is C13H17N5OS. The van der Waals surface area contributed by atoms with Crippen molar-refractivity contribution < 1.29 is 4.79 Å². The first-order chi connectivity index (χ1) is 9.61. The second-order valence-corrected chi connectivity index (χ2v) is 5.28. The number of nitrogens with two attached hydrogens (primary N) is 1. The molecule has 0 aliphatic heterocycles. The molecule has 0 spiro atoms. The Morgan fingerprint density at radius 1 is 1.50 bits per heavy atom. The largest absolute Gasteiger partial charge is 0.382 e. The van der Waals surface area contributed by atoms with Crippen LogP contribution in [-0.4, -0.2) is 41.4 Å². The van der Waals surface area contributed by atoms with E-state index in [2.05, 4.69) is 15.3 Å². The highest BCUT2D eigenvalue weighted by Crippen LogP contribution is 2.25. The van der Waals surface area contributed by atoms with Gasteiger partial charge in [0.05, 0.1) is 0 Å². The lowest BCUT2D eigenvalue weighted by atomic mass is 10.2. The van der Waals surface area contributed by atoms with E-state index in [9.17, 15) is 4.79 Å². The van der Waals surface area contributed by atoms with Crippen molar-refractivity contribution >= 4 is 28.2 Å². The molecule has 2 heterocycles. The minimum Gasteiger partial charge on any atom is -0.382 e. The predicted molar refractivity (Wildman–Crippen MR) is 81.0 cm³/mol. The summed E-state index contributed by atoms with van der Waals surface area (Å²) >= 11 is 1.26. The van der Waals surface area contributed by atoms with Crippen molar-refractivity contribution in [1.29, 1.82) is 0 Å². The number of carbonyl (C=O) groups is 1. The van der Waals surface area contributed by atoms with E-state index in [4.69, 9.17) is 5.73 Å². The molecule has 3 N–H and O–H groups in total. The quantitative estimate of drug-likeness (QED) is 0.871. The van der Waals surface area contributed by atoms with Crippen molar-refractivity contribution in [2.24, 2.45) is 0 Å². The van der Waals surface area contributed by atoms with Crippen LogP contribution in [0.1, 0.15) is 15.4 Å². The molecule has 0 atom stereocenters. The number of hydrogen-bond donors (Lipinski definition) is 2. The molecule has 0 radical (unpaired) electrons. The molecule has 0 aliphatic rings. The van der Waals surface area contributed by atoms with Crippen LogP contribution >= 0.6 is 11.3 Å². The standard InChI is InChI=1S/C13H17N5OS/c1-15-13-17-11(14)10(20-13)12(19)18(2)8-6-9-5-3-4-7-16-9/h3-5,7H,6,8,14H2,1-2H3,(H,15,17). The topological polar surface area (TPSA) is 84.1 Å². The summed E-state index contributed by atoms with van der Waals surface area (Å²) in [5.41, 5.74) is 6.72. The zero-order valence-corrected chi connectivity index (χ0v) is 12.3. The fourth-order valence-electron chi connectivity index (χ4n) is 1.70. The molecule has 6 nitrogen and oxygen atoms in total. The van der Waals surface area contributed by atoms with Gasteiger partial charge in [0.2, 0.25) is 0 Å². The molecule has 20 heavy (non-hydrogen) atoms. The number of hydrogen-bond acceptors (Lipinski definition) is 6. The summed E-state index contributed by atoms with van der Waals surface area (Å²) in [6, 6.07) is 5.75. The molecule has 0 fully saturated rings. The summed E-state index contributed by atoms with van der Waals surface area (Å²) in [5, 5.41) is 3.53. The minimum absolute atomic E-state index is 0.113. The number of amides is 1. The summed E-state index contributed by atoms with van der Waals surface area (Å²) in [5.74, 6) is 0.159. The van der Waals surface area contributed by atoms with E-state index in [1.165, 1.54) is 11.3 Å². The lowest BCUT2D eigenvalue weighted by Crippen LogP contribution is -2.28. The molecule has 0 unspecified atom stereocenters. The van der Waals surface area contributed by atoms with Crippen LogP contribution in [0.15, 0.2) is 24.4 Å². The molecule has 0 saturated carbocycles. The van der Waals surface area contributed by atoms with Crippen LogP contribution in [0.5, 0.6) is 0 Å². The maximum Gasteiger partial charge on any atom is 0.267 e. The monoisotopic (exact) mass is 291 g/mol. The lowest BCUT2D eigenvalue weighted by molar-refractivity contribution is 0.0802. The fraction of sp³-hybridized carbons (Fsp3) is 0.308. The molecule has 0 saturated heterocycles. The molecule has 2 rings (SSSR count). The van der Waals surface area contributed by atoms with Crippen molar-refractivity contribution in [3.63, 3.8) is 0 Å². The second-order valence-electron chi connectivity index (χ2n) is 4.28. The van der Waals surface area contributed by atoms with Crippen molar-refractivity contribution in [2.75, 3.05) is 31.7 Å². The van der Waals surface area contributed by atoms with Gasteiger partial charge in [0.25, 0.3) is 5.91 Å². The Bertz CT molecular complexity index is 584. The van der Waals surface area contributed by atoms with Gasteiger partial charge in [-0.25, -0.2) is 4.98 Å². The zero-order valence-electron chi connectivity index (χ0n) is 11.5. The third-order valence-electron chi connectivity index (χ3n) is 2.84. The molecule has 1 amide bonds. The number of nitrogens with zero attached hydrogens (tertiary/aromatic N) is 3. The van der Waals surface area contributed by atoms with Gasteiger partial charge >= 0.3 is 0 Å². The zero-order chi connectivity index (χ0) is 14.5. The Morgan fingerprint density at radius 3 is 2.90 bits per heavy atom.